The van der Waals surface area contributed by atoms with Crippen LogP contribution in [0.15, 0.2) is 35.3 Å². The maximum Gasteiger partial charge on any atom is 0.0406 e. The summed E-state index contributed by atoms with van der Waals surface area (Å²) in [6.07, 6.45) is 2.99. The molecule has 1 aromatic rings. The Morgan fingerprint density at radius 3 is 2.45 bits per heavy atom. The van der Waals surface area contributed by atoms with Crippen LogP contribution in [0.25, 0.3) is 0 Å². The molecule has 0 saturated carbocycles. The first-order valence-electron chi connectivity index (χ1n) is 3.32. The highest BCUT2D eigenvalue weighted by molar-refractivity contribution is 9.11. The lowest BCUT2D eigenvalue weighted by Crippen LogP contribution is -1.77. The Balaban J connectivity index is 2.66. The molecule has 2 heteroatoms. The highest BCUT2D eigenvalue weighted by atomic mass is 79.9. The smallest absolute Gasteiger partial charge is 0.0406 e. The molecule has 0 saturated heterocycles. The zero-order valence-electron chi connectivity index (χ0n) is 5.93. The molecule has 0 spiro atoms. The predicted octanol–water partition coefficient (Wildman–Crippen LogP) is 3.79. The van der Waals surface area contributed by atoms with E-state index in [0.717, 1.165) is 11.4 Å². The maximum absolute atomic E-state index is 5.72. The molecule has 11 heavy (non-hydrogen) atoms. The second-order valence-corrected chi connectivity index (χ2v) is 3.16. The molecular formula is C9H8BrCl. The molecule has 58 valence electrons. The molecule has 0 radical (unpaired) electrons. The van der Waals surface area contributed by atoms with E-state index >= 15 is 0 Å². The number of allylic oxidation sites excluding steroid dienone is 1. The fourth-order valence-electron chi connectivity index (χ4n) is 0.801. The van der Waals surface area contributed by atoms with Crippen molar-refractivity contribution in [3.05, 3.63) is 45.9 Å². The van der Waals surface area contributed by atoms with Gasteiger partial charge in [-0.15, -0.1) is 0 Å². The molecule has 0 heterocycles. The topological polar surface area (TPSA) is 0 Å². The van der Waals surface area contributed by atoms with Crippen molar-refractivity contribution in [2.75, 3.05) is 0 Å². The molecule has 1 aromatic carbocycles. The number of hydrogen-bond donors (Lipinski definition) is 0. The fourth-order valence-corrected chi connectivity index (χ4v) is 1.11. The second-order valence-electron chi connectivity index (χ2n) is 2.19. The molecule has 0 bridgehead atoms. The van der Waals surface area contributed by atoms with E-state index in [1.807, 2.05) is 35.3 Å². The van der Waals surface area contributed by atoms with E-state index in [1.165, 1.54) is 5.56 Å². The van der Waals surface area contributed by atoms with Crippen LogP contribution in [0.5, 0.6) is 0 Å². The molecular weight excluding hydrogens is 223 g/mol. The van der Waals surface area contributed by atoms with Crippen molar-refractivity contribution in [3.63, 3.8) is 0 Å². The summed E-state index contributed by atoms with van der Waals surface area (Å²) in [5.41, 5.74) is 1.27. The first-order valence-corrected chi connectivity index (χ1v) is 4.62. The average Bonchev–Trinajstić information content (AvgIpc) is 2.04. The van der Waals surface area contributed by atoms with Crippen molar-refractivity contribution in [1.82, 2.24) is 0 Å². The van der Waals surface area contributed by atoms with Crippen LogP contribution in [-0.2, 0) is 6.42 Å². The van der Waals surface area contributed by atoms with E-state index in [-0.39, 0.29) is 0 Å². The van der Waals surface area contributed by atoms with Crippen molar-refractivity contribution in [1.29, 1.82) is 0 Å². The third-order valence-electron chi connectivity index (χ3n) is 1.36. The van der Waals surface area contributed by atoms with Crippen LogP contribution in [-0.4, -0.2) is 0 Å². The SMILES string of the molecule is Clc1ccc(CC=CBr)cc1. The van der Waals surface area contributed by atoms with Crippen molar-refractivity contribution in [2.45, 2.75) is 6.42 Å². The van der Waals surface area contributed by atoms with Gasteiger partial charge in [-0.05, 0) is 29.1 Å². The summed E-state index contributed by atoms with van der Waals surface area (Å²) in [6.45, 7) is 0. The van der Waals surface area contributed by atoms with Gasteiger partial charge in [-0.25, -0.2) is 0 Å². The lowest BCUT2D eigenvalue weighted by atomic mass is 10.2. The molecule has 0 aliphatic rings. The van der Waals surface area contributed by atoms with E-state index in [0.29, 0.717) is 0 Å². The quantitative estimate of drug-likeness (QED) is 0.726. The third-order valence-corrected chi connectivity index (χ3v) is 1.98. The lowest BCUT2D eigenvalue weighted by Gasteiger charge is -1.94. The molecule has 0 aliphatic carbocycles. The van der Waals surface area contributed by atoms with E-state index in [1.54, 1.807) is 0 Å². The van der Waals surface area contributed by atoms with Crippen molar-refractivity contribution in [2.24, 2.45) is 0 Å². The van der Waals surface area contributed by atoms with Gasteiger partial charge in [0.05, 0.1) is 0 Å². The minimum atomic E-state index is 0.788. The molecule has 0 atom stereocenters. The molecule has 1 rings (SSSR count). The van der Waals surface area contributed by atoms with Gasteiger partial charge in [0.2, 0.25) is 0 Å². The minimum Gasteiger partial charge on any atom is -0.0843 e. The van der Waals surface area contributed by atoms with Crippen LogP contribution in [0.1, 0.15) is 5.56 Å². The largest absolute Gasteiger partial charge is 0.0843 e. The van der Waals surface area contributed by atoms with Crippen LogP contribution in [0.3, 0.4) is 0 Å². The Morgan fingerprint density at radius 1 is 1.27 bits per heavy atom. The summed E-state index contributed by atoms with van der Waals surface area (Å²) in [5, 5.41) is 0.788. The van der Waals surface area contributed by atoms with Gasteiger partial charge < -0.3 is 0 Å². The van der Waals surface area contributed by atoms with E-state index in [2.05, 4.69) is 15.9 Å². The molecule has 0 aliphatic heterocycles. The van der Waals surface area contributed by atoms with Gasteiger partial charge >= 0.3 is 0 Å². The van der Waals surface area contributed by atoms with Crippen molar-refractivity contribution >= 4 is 27.5 Å². The van der Waals surface area contributed by atoms with Crippen LogP contribution < -0.4 is 0 Å². The highest BCUT2D eigenvalue weighted by Crippen LogP contribution is 2.10. The van der Waals surface area contributed by atoms with Crippen LogP contribution in [0.4, 0.5) is 0 Å². The highest BCUT2D eigenvalue weighted by Gasteiger charge is 1.88. The molecule has 0 amide bonds. The first kappa shape index (κ1) is 8.82. The van der Waals surface area contributed by atoms with Crippen molar-refractivity contribution < 1.29 is 0 Å². The summed E-state index contributed by atoms with van der Waals surface area (Å²) in [5.74, 6) is 0. The van der Waals surface area contributed by atoms with Gasteiger partial charge in [0.1, 0.15) is 0 Å². The number of rotatable bonds is 2. The van der Waals surface area contributed by atoms with E-state index in [4.69, 9.17) is 11.6 Å². The van der Waals surface area contributed by atoms with Crippen LogP contribution in [0.2, 0.25) is 5.02 Å². The Morgan fingerprint density at radius 2 is 1.91 bits per heavy atom. The van der Waals surface area contributed by atoms with E-state index in [9.17, 15) is 0 Å². The standard InChI is InChI=1S/C9H8BrCl/c10-7-1-2-8-3-5-9(11)6-4-8/h1,3-7H,2H2. The minimum absolute atomic E-state index is 0.788. The zero-order chi connectivity index (χ0) is 8.10. The zero-order valence-corrected chi connectivity index (χ0v) is 8.27. The molecule has 0 fully saturated rings. The monoisotopic (exact) mass is 230 g/mol. The summed E-state index contributed by atoms with van der Waals surface area (Å²) in [7, 11) is 0. The Kier molecular flexibility index (Phi) is 3.67. The normalized spacial score (nSPS) is 10.7. The van der Waals surface area contributed by atoms with Gasteiger partial charge in [0.25, 0.3) is 0 Å². The summed E-state index contributed by atoms with van der Waals surface area (Å²) in [4.78, 5) is 1.86. The van der Waals surface area contributed by atoms with E-state index < -0.39 is 0 Å². The first-order chi connectivity index (χ1) is 5.33. The summed E-state index contributed by atoms with van der Waals surface area (Å²) >= 11 is 8.93. The van der Waals surface area contributed by atoms with Gasteiger partial charge in [0.15, 0.2) is 0 Å². The molecule has 0 aromatic heterocycles. The van der Waals surface area contributed by atoms with Crippen LogP contribution in [0, 0.1) is 0 Å². The van der Waals surface area contributed by atoms with Gasteiger partial charge in [-0.2, -0.15) is 0 Å². The maximum atomic E-state index is 5.72. The fraction of sp³-hybridized carbons (Fsp3) is 0.111. The summed E-state index contributed by atoms with van der Waals surface area (Å²) < 4.78 is 0. The van der Waals surface area contributed by atoms with Crippen molar-refractivity contribution in [3.8, 4) is 0 Å². The Hall–Kier alpha value is -0.270. The molecule has 0 unspecified atom stereocenters. The van der Waals surface area contributed by atoms with Gasteiger partial charge in [-0.1, -0.05) is 45.7 Å². The Labute approximate surface area is 80.0 Å². The number of hydrogen-bond acceptors (Lipinski definition) is 0. The predicted molar refractivity (Wildman–Crippen MR) is 53.2 cm³/mol. The third kappa shape index (κ3) is 3.08. The number of benzene rings is 1. The van der Waals surface area contributed by atoms with Crippen LogP contribution >= 0.6 is 27.5 Å². The molecule has 0 N–H and O–H groups in total. The lowest BCUT2D eigenvalue weighted by molar-refractivity contribution is 1.28. The van der Waals surface area contributed by atoms with Gasteiger partial charge in [-0.3, -0.25) is 0 Å². The second kappa shape index (κ2) is 4.58. The summed E-state index contributed by atoms with van der Waals surface area (Å²) in [6, 6.07) is 7.85. The molecule has 0 nitrogen and oxygen atoms in total. The number of halogens is 2. The average molecular weight is 232 g/mol. The Bertz CT molecular complexity index is 238. The van der Waals surface area contributed by atoms with Gasteiger partial charge in [0, 0.05) is 5.02 Å².